The summed E-state index contributed by atoms with van der Waals surface area (Å²) in [6, 6.07) is 5.24. The van der Waals surface area contributed by atoms with Gasteiger partial charge in [0.25, 0.3) is 0 Å². The number of nitrogens with zero attached hydrogens (tertiary/aromatic N) is 1. The van der Waals surface area contributed by atoms with E-state index in [4.69, 9.17) is 11.1 Å². The Bertz CT molecular complexity index is 929. The third kappa shape index (κ3) is 4.90. The van der Waals surface area contributed by atoms with Crippen LogP contribution in [-0.4, -0.2) is 43.0 Å². The highest BCUT2D eigenvalue weighted by atomic mass is 32.2. The highest BCUT2D eigenvalue weighted by Gasteiger charge is 2.26. The van der Waals surface area contributed by atoms with E-state index in [0.29, 0.717) is 11.8 Å². The molecule has 2 aromatic rings. The van der Waals surface area contributed by atoms with Crippen LogP contribution in [0.3, 0.4) is 0 Å². The van der Waals surface area contributed by atoms with E-state index < -0.39 is 22.0 Å². The van der Waals surface area contributed by atoms with E-state index in [1.807, 2.05) is 13.0 Å². The number of aryl methyl sites for hydroxylation is 1. The van der Waals surface area contributed by atoms with Crippen LogP contribution in [0.5, 0.6) is 0 Å². The molecule has 140 valence electrons. The van der Waals surface area contributed by atoms with Crippen LogP contribution in [0.2, 0.25) is 0 Å². The van der Waals surface area contributed by atoms with Crippen molar-refractivity contribution in [2.75, 3.05) is 6.54 Å². The van der Waals surface area contributed by atoms with Gasteiger partial charge in [0.1, 0.15) is 10.9 Å². The molecule has 9 nitrogen and oxygen atoms in total. The van der Waals surface area contributed by atoms with Crippen molar-refractivity contribution in [3.05, 3.63) is 36.0 Å². The zero-order chi connectivity index (χ0) is 19.3. The number of hydrogen-bond acceptors (Lipinski definition) is 5. The van der Waals surface area contributed by atoms with Crippen molar-refractivity contribution in [1.29, 1.82) is 5.41 Å². The maximum absolute atomic E-state index is 12.7. The number of carboxylic acid groups (broad SMARTS) is 1. The molecule has 6 N–H and O–H groups in total. The van der Waals surface area contributed by atoms with Gasteiger partial charge in [0, 0.05) is 18.1 Å². The van der Waals surface area contributed by atoms with Crippen LogP contribution in [0.25, 0.3) is 10.9 Å². The molecule has 0 radical (unpaired) electrons. The fourth-order valence-corrected chi connectivity index (χ4v) is 3.88. The summed E-state index contributed by atoms with van der Waals surface area (Å²) in [5.74, 6) is -1.50. The second kappa shape index (κ2) is 8.11. The highest BCUT2D eigenvalue weighted by molar-refractivity contribution is 7.89. The molecule has 0 spiro atoms. The Kier molecular flexibility index (Phi) is 6.11. The van der Waals surface area contributed by atoms with Crippen molar-refractivity contribution in [3.63, 3.8) is 0 Å². The second-order valence-electron chi connectivity index (χ2n) is 5.84. The van der Waals surface area contributed by atoms with E-state index in [9.17, 15) is 18.3 Å². The standard InChI is InChI=1S/C16H21N5O4S/c1-10-8-11-4-2-6-13(14(11)20-9-10)26(24,25)21-12(15(22)23)5-3-7-19-16(17)18/h2,4,6,8-9,12,21H,3,5,7H2,1H3,(H,22,23)(H4,17,18,19)/t12-/m0/s1. The Hall–Kier alpha value is -2.72. The quantitative estimate of drug-likeness (QED) is 0.254. The Morgan fingerprint density at radius 3 is 2.81 bits per heavy atom. The van der Waals surface area contributed by atoms with E-state index in [-0.39, 0.29) is 29.3 Å². The zero-order valence-corrected chi connectivity index (χ0v) is 15.0. The number of nitrogens with two attached hydrogens (primary N) is 1. The van der Waals surface area contributed by atoms with Crippen molar-refractivity contribution < 1.29 is 18.3 Å². The lowest BCUT2D eigenvalue weighted by Gasteiger charge is -2.16. The maximum Gasteiger partial charge on any atom is 0.321 e. The number of fused-ring (bicyclic) bond motifs is 1. The highest BCUT2D eigenvalue weighted by Crippen LogP contribution is 2.22. The first-order valence-corrected chi connectivity index (χ1v) is 9.37. The molecule has 0 fully saturated rings. The average molecular weight is 379 g/mol. The molecule has 2 rings (SSSR count). The molecule has 1 atom stereocenters. The first-order valence-electron chi connectivity index (χ1n) is 7.89. The van der Waals surface area contributed by atoms with Crippen LogP contribution in [0.1, 0.15) is 18.4 Å². The summed E-state index contributed by atoms with van der Waals surface area (Å²) < 4.78 is 27.6. The summed E-state index contributed by atoms with van der Waals surface area (Å²) in [5, 5.41) is 19.6. The first kappa shape index (κ1) is 19.6. The number of nitrogens with one attached hydrogen (secondary N) is 3. The fraction of sp³-hybridized carbons (Fsp3) is 0.312. The third-order valence-electron chi connectivity index (χ3n) is 3.68. The van der Waals surface area contributed by atoms with Gasteiger partial charge in [-0.2, -0.15) is 4.72 Å². The molecule has 0 saturated carbocycles. The molecule has 0 saturated heterocycles. The third-order valence-corrected chi connectivity index (χ3v) is 5.18. The van der Waals surface area contributed by atoms with Gasteiger partial charge in [0.15, 0.2) is 5.96 Å². The summed E-state index contributed by atoms with van der Waals surface area (Å²) in [4.78, 5) is 15.5. The number of benzene rings is 1. The molecule has 0 unspecified atom stereocenters. The number of para-hydroxylation sites is 1. The number of pyridine rings is 1. The number of sulfonamides is 1. The summed E-state index contributed by atoms with van der Waals surface area (Å²) in [7, 11) is -4.08. The topological polar surface area (TPSA) is 158 Å². The first-order chi connectivity index (χ1) is 12.2. The van der Waals surface area contributed by atoms with Gasteiger partial charge in [-0.15, -0.1) is 0 Å². The van der Waals surface area contributed by atoms with Gasteiger partial charge < -0.3 is 16.2 Å². The normalized spacial score (nSPS) is 12.7. The van der Waals surface area contributed by atoms with E-state index in [1.54, 1.807) is 18.3 Å². The lowest BCUT2D eigenvalue weighted by atomic mass is 10.2. The predicted molar refractivity (Wildman–Crippen MR) is 97.4 cm³/mol. The number of guanidine groups is 1. The van der Waals surface area contributed by atoms with E-state index in [1.165, 1.54) is 6.07 Å². The summed E-state index contributed by atoms with van der Waals surface area (Å²) in [6.07, 6.45) is 1.93. The molecule has 0 aliphatic rings. The minimum Gasteiger partial charge on any atom is -0.480 e. The van der Waals surface area contributed by atoms with Crippen molar-refractivity contribution in [2.24, 2.45) is 5.73 Å². The van der Waals surface area contributed by atoms with Gasteiger partial charge in [0.05, 0.1) is 5.52 Å². The van der Waals surface area contributed by atoms with Crippen LogP contribution in [0.15, 0.2) is 35.4 Å². The summed E-state index contributed by atoms with van der Waals surface area (Å²) >= 11 is 0. The van der Waals surface area contributed by atoms with Crippen LogP contribution < -0.4 is 15.8 Å². The average Bonchev–Trinajstić information content (AvgIpc) is 2.56. The Labute approximate surface area is 151 Å². The number of aliphatic carboxylic acids is 1. The second-order valence-corrected chi connectivity index (χ2v) is 7.52. The van der Waals surface area contributed by atoms with Crippen molar-refractivity contribution in [2.45, 2.75) is 30.7 Å². The molecule has 0 amide bonds. The molecule has 1 aromatic carbocycles. The molecule has 26 heavy (non-hydrogen) atoms. The van der Waals surface area contributed by atoms with Crippen molar-refractivity contribution in [1.82, 2.24) is 15.0 Å². The van der Waals surface area contributed by atoms with Crippen LogP contribution in [0.4, 0.5) is 0 Å². The lowest BCUT2D eigenvalue weighted by Crippen LogP contribution is -2.41. The molecular weight excluding hydrogens is 358 g/mol. The molecule has 1 heterocycles. The van der Waals surface area contributed by atoms with Crippen LogP contribution in [-0.2, 0) is 14.8 Å². The maximum atomic E-state index is 12.7. The number of hydrogen-bond donors (Lipinski definition) is 5. The molecule has 1 aromatic heterocycles. The minimum atomic E-state index is -4.08. The van der Waals surface area contributed by atoms with Crippen LogP contribution >= 0.6 is 0 Å². The van der Waals surface area contributed by atoms with Crippen LogP contribution in [0, 0.1) is 12.3 Å². The van der Waals surface area contributed by atoms with E-state index >= 15 is 0 Å². The molecule has 0 bridgehead atoms. The number of aromatic nitrogens is 1. The number of carboxylic acids is 1. The summed E-state index contributed by atoms with van der Waals surface area (Å²) in [5.41, 5.74) is 6.32. The largest absolute Gasteiger partial charge is 0.480 e. The molecular formula is C16H21N5O4S. The SMILES string of the molecule is Cc1cnc2c(S(=O)(=O)N[C@@H](CCCNC(=N)N)C(=O)O)cccc2c1. The Morgan fingerprint density at radius 1 is 1.42 bits per heavy atom. The van der Waals surface area contributed by atoms with Crippen molar-refractivity contribution >= 4 is 32.9 Å². The monoisotopic (exact) mass is 379 g/mol. The Morgan fingerprint density at radius 2 is 2.15 bits per heavy atom. The Balaban J connectivity index is 2.23. The minimum absolute atomic E-state index is 0.0478. The van der Waals surface area contributed by atoms with E-state index in [2.05, 4.69) is 15.0 Å². The van der Waals surface area contributed by atoms with E-state index in [0.717, 1.165) is 5.56 Å². The van der Waals surface area contributed by atoms with Gasteiger partial charge in [0.2, 0.25) is 10.0 Å². The predicted octanol–water partition coefficient (Wildman–Crippen LogP) is 0.538. The zero-order valence-electron chi connectivity index (χ0n) is 14.2. The number of rotatable bonds is 8. The van der Waals surface area contributed by atoms with Gasteiger partial charge in [-0.1, -0.05) is 12.1 Å². The van der Waals surface area contributed by atoms with Crippen molar-refractivity contribution in [3.8, 4) is 0 Å². The van der Waals surface area contributed by atoms with Gasteiger partial charge in [-0.05, 0) is 37.5 Å². The summed E-state index contributed by atoms with van der Waals surface area (Å²) in [6.45, 7) is 2.12. The lowest BCUT2D eigenvalue weighted by molar-refractivity contribution is -0.139. The van der Waals surface area contributed by atoms with Gasteiger partial charge in [-0.25, -0.2) is 8.42 Å². The molecule has 0 aliphatic carbocycles. The van der Waals surface area contributed by atoms with Gasteiger partial charge in [-0.3, -0.25) is 15.2 Å². The molecule has 0 aliphatic heterocycles. The van der Waals surface area contributed by atoms with Gasteiger partial charge >= 0.3 is 5.97 Å². The number of carbonyl (C=O) groups is 1. The fourth-order valence-electron chi connectivity index (χ4n) is 2.47. The molecule has 10 heteroatoms. The smallest absolute Gasteiger partial charge is 0.321 e.